The van der Waals surface area contributed by atoms with Gasteiger partial charge in [-0.25, -0.2) is 0 Å². The molecule has 0 aliphatic heterocycles. The van der Waals surface area contributed by atoms with E-state index < -0.39 is 0 Å². The lowest BCUT2D eigenvalue weighted by Gasteiger charge is -2.57. The van der Waals surface area contributed by atoms with E-state index in [1.165, 1.54) is 19.3 Å². The maximum atomic E-state index is 6.06. The van der Waals surface area contributed by atoms with Gasteiger partial charge in [-0.05, 0) is 44.6 Å². The first-order valence-corrected chi connectivity index (χ1v) is 6.97. The molecule has 0 aromatic rings. The normalized spacial score (nSPS) is 31.9. The summed E-state index contributed by atoms with van der Waals surface area (Å²) in [6, 6.07) is 0.668. The molecule has 2 N–H and O–H groups in total. The first-order chi connectivity index (χ1) is 7.50. The van der Waals surface area contributed by atoms with Crippen molar-refractivity contribution in [1.82, 2.24) is 4.90 Å². The molecule has 1 aliphatic carbocycles. The van der Waals surface area contributed by atoms with E-state index >= 15 is 0 Å². The highest BCUT2D eigenvalue weighted by Gasteiger charge is 2.48. The number of nitrogens with zero attached hydrogens (tertiary/aromatic N) is 1. The van der Waals surface area contributed by atoms with Crippen molar-refractivity contribution in [2.24, 2.45) is 17.6 Å². The van der Waals surface area contributed by atoms with Crippen LogP contribution in [-0.4, -0.2) is 29.6 Å². The second-order valence-electron chi connectivity index (χ2n) is 5.88. The minimum Gasteiger partial charge on any atom is -0.329 e. The first kappa shape index (κ1) is 14.0. The zero-order valence-corrected chi connectivity index (χ0v) is 11.8. The molecular formula is C14H30N2. The topological polar surface area (TPSA) is 29.3 Å². The van der Waals surface area contributed by atoms with Gasteiger partial charge in [0, 0.05) is 18.1 Å². The van der Waals surface area contributed by atoms with Gasteiger partial charge < -0.3 is 5.73 Å². The monoisotopic (exact) mass is 226 g/mol. The number of hydrogen-bond acceptors (Lipinski definition) is 2. The summed E-state index contributed by atoms with van der Waals surface area (Å²) in [5, 5.41) is 0. The van der Waals surface area contributed by atoms with Crippen molar-refractivity contribution < 1.29 is 0 Å². The third kappa shape index (κ3) is 2.43. The van der Waals surface area contributed by atoms with Crippen molar-refractivity contribution in [1.29, 1.82) is 0 Å². The smallest absolute Gasteiger partial charge is 0.0339 e. The van der Waals surface area contributed by atoms with Crippen LogP contribution in [0.1, 0.15) is 53.9 Å². The van der Waals surface area contributed by atoms with Crippen LogP contribution < -0.4 is 5.73 Å². The van der Waals surface area contributed by atoms with E-state index in [1.54, 1.807) is 0 Å². The molecule has 1 unspecified atom stereocenters. The van der Waals surface area contributed by atoms with E-state index in [9.17, 15) is 0 Å². The maximum Gasteiger partial charge on any atom is 0.0339 e. The van der Waals surface area contributed by atoms with E-state index in [2.05, 4.69) is 39.5 Å². The molecule has 0 radical (unpaired) electrons. The van der Waals surface area contributed by atoms with E-state index in [0.29, 0.717) is 11.6 Å². The molecule has 0 amide bonds. The number of likely N-dealkylation sites (N-methyl/N-ethyl adjacent to an activating group) is 1. The van der Waals surface area contributed by atoms with Crippen molar-refractivity contribution >= 4 is 0 Å². The SMILES string of the molecule is CCC(C)N(CC)C1(CN)CC(C(C)C)C1. The molecule has 1 rings (SSSR count). The summed E-state index contributed by atoms with van der Waals surface area (Å²) in [7, 11) is 0. The molecule has 1 saturated carbocycles. The Morgan fingerprint density at radius 3 is 2.12 bits per heavy atom. The van der Waals surface area contributed by atoms with Crippen LogP contribution in [0.3, 0.4) is 0 Å². The molecule has 0 bridgehead atoms. The van der Waals surface area contributed by atoms with Crippen LogP contribution in [0.2, 0.25) is 0 Å². The van der Waals surface area contributed by atoms with Crippen LogP contribution in [0.25, 0.3) is 0 Å². The van der Waals surface area contributed by atoms with Crippen LogP contribution in [0.5, 0.6) is 0 Å². The van der Waals surface area contributed by atoms with Gasteiger partial charge in [0.15, 0.2) is 0 Å². The minimum atomic E-state index is 0.319. The highest BCUT2D eigenvalue weighted by atomic mass is 15.2. The van der Waals surface area contributed by atoms with E-state index in [-0.39, 0.29) is 0 Å². The van der Waals surface area contributed by atoms with Gasteiger partial charge in [0.25, 0.3) is 0 Å². The van der Waals surface area contributed by atoms with Crippen LogP contribution in [0.15, 0.2) is 0 Å². The van der Waals surface area contributed by atoms with Gasteiger partial charge in [-0.3, -0.25) is 4.90 Å². The van der Waals surface area contributed by atoms with E-state index in [1.807, 2.05) is 0 Å². The number of rotatable bonds is 6. The van der Waals surface area contributed by atoms with Crippen molar-refractivity contribution in [2.75, 3.05) is 13.1 Å². The fourth-order valence-corrected chi connectivity index (χ4v) is 3.24. The fourth-order valence-electron chi connectivity index (χ4n) is 3.24. The molecule has 2 nitrogen and oxygen atoms in total. The molecule has 0 spiro atoms. The summed E-state index contributed by atoms with van der Waals surface area (Å²) in [6.45, 7) is 13.5. The molecule has 1 aliphatic rings. The van der Waals surface area contributed by atoms with Crippen molar-refractivity contribution in [3.63, 3.8) is 0 Å². The molecule has 2 heteroatoms. The predicted molar refractivity (Wildman–Crippen MR) is 71.5 cm³/mol. The van der Waals surface area contributed by atoms with Gasteiger partial charge in [0.05, 0.1) is 0 Å². The Morgan fingerprint density at radius 2 is 1.81 bits per heavy atom. The Hall–Kier alpha value is -0.0800. The Bertz CT molecular complexity index is 207. The molecule has 16 heavy (non-hydrogen) atoms. The molecule has 0 heterocycles. The Kier molecular flexibility index (Phi) is 4.81. The predicted octanol–water partition coefficient (Wildman–Crippen LogP) is 2.87. The van der Waals surface area contributed by atoms with Crippen LogP contribution in [0.4, 0.5) is 0 Å². The van der Waals surface area contributed by atoms with E-state index in [4.69, 9.17) is 5.73 Å². The van der Waals surface area contributed by atoms with E-state index in [0.717, 1.165) is 24.9 Å². The summed E-state index contributed by atoms with van der Waals surface area (Å²) >= 11 is 0. The third-order valence-electron chi connectivity index (χ3n) is 4.68. The summed E-state index contributed by atoms with van der Waals surface area (Å²) in [5.74, 6) is 1.71. The molecule has 1 fully saturated rings. The molecule has 1 atom stereocenters. The van der Waals surface area contributed by atoms with Crippen molar-refractivity contribution in [3.05, 3.63) is 0 Å². The zero-order valence-electron chi connectivity index (χ0n) is 11.8. The third-order valence-corrected chi connectivity index (χ3v) is 4.68. The maximum absolute atomic E-state index is 6.06. The zero-order chi connectivity index (χ0) is 12.3. The van der Waals surface area contributed by atoms with Gasteiger partial charge in [0.1, 0.15) is 0 Å². The van der Waals surface area contributed by atoms with Gasteiger partial charge in [0.2, 0.25) is 0 Å². The largest absolute Gasteiger partial charge is 0.329 e. The second-order valence-corrected chi connectivity index (χ2v) is 5.88. The average Bonchev–Trinajstić information content (AvgIpc) is 2.21. The lowest BCUT2D eigenvalue weighted by atomic mass is 9.62. The average molecular weight is 226 g/mol. The van der Waals surface area contributed by atoms with Gasteiger partial charge >= 0.3 is 0 Å². The molecule has 0 saturated heterocycles. The first-order valence-electron chi connectivity index (χ1n) is 6.97. The van der Waals surface area contributed by atoms with Crippen molar-refractivity contribution in [2.45, 2.75) is 65.5 Å². The lowest BCUT2D eigenvalue weighted by molar-refractivity contribution is -0.0536. The van der Waals surface area contributed by atoms with Gasteiger partial charge in [-0.1, -0.05) is 27.7 Å². The molecule has 0 aromatic carbocycles. The summed E-state index contributed by atoms with van der Waals surface area (Å²) in [5.41, 5.74) is 6.38. The summed E-state index contributed by atoms with van der Waals surface area (Å²) in [4.78, 5) is 2.64. The fraction of sp³-hybridized carbons (Fsp3) is 1.00. The van der Waals surface area contributed by atoms with Gasteiger partial charge in [-0.2, -0.15) is 0 Å². The standard InChI is InChI=1S/C14H30N2/c1-6-12(5)16(7-2)14(10-15)8-13(9-14)11(3)4/h11-13H,6-10,15H2,1-5H3. The number of hydrogen-bond donors (Lipinski definition) is 1. The summed E-state index contributed by atoms with van der Waals surface area (Å²) in [6.07, 6.45) is 3.83. The van der Waals surface area contributed by atoms with Crippen molar-refractivity contribution in [3.8, 4) is 0 Å². The van der Waals surface area contributed by atoms with Crippen LogP contribution in [-0.2, 0) is 0 Å². The van der Waals surface area contributed by atoms with Crippen LogP contribution >= 0.6 is 0 Å². The number of nitrogens with two attached hydrogens (primary N) is 1. The molecule has 96 valence electrons. The Morgan fingerprint density at radius 1 is 1.25 bits per heavy atom. The minimum absolute atomic E-state index is 0.319. The highest BCUT2D eigenvalue weighted by molar-refractivity contribution is 5.04. The quantitative estimate of drug-likeness (QED) is 0.754. The summed E-state index contributed by atoms with van der Waals surface area (Å²) < 4.78 is 0. The Balaban J connectivity index is 2.67. The molecule has 0 aromatic heterocycles. The van der Waals surface area contributed by atoms with Gasteiger partial charge in [-0.15, -0.1) is 0 Å². The lowest BCUT2D eigenvalue weighted by Crippen LogP contribution is -2.64. The van der Waals surface area contributed by atoms with Crippen LogP contribution in [0, 0.1) is 11.8 Å². The molecular weight excluding hydrogens is 196 g/mol. The highest BCUT2D eigenvalue weighted by Crippen LogP contribution is 2.46. The second kappa shape index (κ2) is 5.50. The Labute approximate surface area is 102 Å².